The lowest BCUT2D eigenvalue weighted by Crippen LogP contribution is -2.14. The summed E-state index contributed by atoms with van der Waals surface area (Å²) in [5, 5.41) is 33.1. The van der Waals surface area contributed by atoms with Crippen molar-refractivity contribution in [2.24, 2.45) is 0 Å². The molecule has 0 aromatic carbocycles. The number of hydrogen-bond acceptors (Lipinski definition) is 8. The number of phosphoric acid groups is 1. The van der Waals surface area contributed by atoms with Crippen LogP contribution < -0.4 is 0 Å². The van der Waals surface area contributed by atoms with E-state index in [2.05, 4.69) is 13.6 Å². The predicted octanol–water partition coefficient (Wildman–Crippen LogP) is -1.65. The Kier molecular flexibility index (Phi) is 6.39. The molecule has 0 spiro atoms. The van der Waals surface area contributed by atoms with Gasteiger partial charge in [0.05, 0.1) is 0 Å². The van der Waals surface area contributed by atoms with Crippen molar-refractivity contribution in [2.75, 3.05) is 20.2 Å². The van der Waals surface area contributed by atoms with Gasteiger partial charge in [-0.2, -0.15) is 0 Å². The molecule has 13 heavy (non-hydrogen) atoms. The van der Waals surface area contributed by atoms with Gasteiger partial charge in [0.15, 0.2) is 19.9 Å². The summed E-state index contributed by atoms with van der Waals surface area (Å²) in [5.41, 5.74) is 0. The molecule has 0 heterocycles. The first-order valence-corrected chi connectivity index (χ1v) is 4.61. The highest BCUT2D eigenvalue weighted by Gasteiger charge is 2.27. The first-order chi connectivity index (χ1) is 6.04. The first kappa shape index (κ1) is 12.9. The van der Waals surface area contributed by atoms with Crippen LogP contribution in [0, 0.1) is 0 Å². The fourth-order valence-corrected chi connectivity index (χ4v) is 1.23. The van der Waals surface area contributed by atoms with E-state index in [1.807, 2.05) is 0 Å². The lowest BCUT2D eigenvalue weighted by Gasteiger charge is -2.15. The molecule has 0 saturated heterocycles. The van der Waals surface area contributed by atoms with Crippen LogP contribution in [0.3, 0.4) is 0 Å². The van der Waals surface area contributed by atoms with Gasteiger partial charge in [-0.05, 0) is 0 Å². The second kappa shape index (κ2) is 6.41. The third kappa shape index (κ3) is 6.08. The van der Waals surface area contributed by atoms with Gasteiger partial charge in [0.25, 0.3) is 0 Å². The molecular weight excluding hydrogens is 207 g/mol. The molecule has 8 nitrogen and oxygen atoms in total. The van der Waals surface area contributed by atoms with Crippen LogP contribution in [-0.4, -0.2) is 46.9 Å². The molecule has 0 aliphatic carbocycles. The minimum absolute atomic E-state index is 0.725. The van der Waals surface area contributed by atoms with E-state index in [1.54, 1.807) is 0 Å². The van der Waals surface area contributed by atoms with Crippen LogP contribution >= 0.6 is 7.82 Å². The highest BCUT2D eigenvalue weighted by Crippen LogP contribution is 2.48. The fraction of sp³-hybridized carbons (Fsp3) is 1.00. The third-order valence-corrected chi connectivity index (χ3v) is 2.14. The van der Waals surface area contributed by atoms with E-state index in [-0.39, 0.29) is 0 Å². The van der Waals surface area contributed by atoms with E-state index in [0.29, 0.717) is 0 Å². The van der Waals surface area contributed by atoms with E-state index in [4.69, 9.17) is 20.4 Å². The molecule has 0 aromatic heterocycles. The molecule has 0 saturated carbocycles. The smallest absolute Gasteiger partial charge is 0.370 e. The molecule has 0 radical (unpaired) electrons. The maximum atomic E-state index is 11.1. The molecule has 0 atom stereocenters. The quantitative estimate of drug-likeness (QED) is 0.296. The Hall–Kier alpha value is -0.0500. The second-order valence-corrected chi connectivity index (χ2v) is 3.41. The Morgan fingerprint density at radius 2 is 1.54 bits per heavy atom. The van der Waals surface area contributed by atoms with Crippen molar-refractivity contribution in [3.8, 4) is 0 Å². The third-order valence-electron chi connectivity index (χ3n) is 0.813. The summed E-state index contributed by atoms with van der Waals surface area (Å²) in [4.78, 5) is 0. The lowest BCUT2D eigenvalue weighted by molar-refractivity contribution is -0.0832. The summed E-state index contributed by atoms with van der Waals surface area (Å²) in [6.07, 6.45) is -1.85. The monoisotopic (exact) mass is 218 g/mol. The van der Waals surface area contributed by atoms with Crippen molar-refractivity contribution in [1.29, 1.82) is 0 Å². The highest BCUT2D eigenvalue weighted by molar-refractivity contribution is 7.48. The highest BCUT2D eigenvalue weighted by atomic mass is 31.2. The summed E-state index contributed by atoms with van der Waals surface area (Å²) >= 11 is 0. The SMILES string of the molecule is O=P(OCO)(OCO)OCC(O)O. The maximum absolute atomic E-state index is 11.1. The minimum atomic E-state index is -4.09. The average molecular weight is 218 g/mol. The van der Waals surface area contributed by atoms with Gasteiger partial charge < -0.3 is 20.4 Å². The Morgan fingerprint density at radius 1 is 1.08 bits per heavy atom. The Bertz CT molecular complexity index is 160. The van der Waals surface area contributed by atoms with Crippen LogP contribution in [0.15, 0.2) is 0 Å². The molecule has 9 heteroatoms. The molecule has 80 valence electrons. The van der Waals surface area contributed by atoms with Crippen LogP contribution in [-0.2, 0) is 18.1 Å². The standard InChI is InChI=1S/C4H11O8P/c5-2-11-13(9,12-3-6)10-1-4(7)8/h4-8H,1-3H2. The Labute approximate surface area is 73.9 Å². The van der Waals surface area contributed by atoms with Crippen molar-refractivity contribution in [2.45, 2.75) is 6.29 Å². The number of phosphoric ester groups is 1. The number of rotatable bonds is 7. The van der Waals surface area contributed by atoms with Gasteiger partial charge in [-0.1, -0.05) is 0 Å². The van der Waals surface area contributed by atoms with Crippen LogP contribution in [0.25, 0.3) is 0 Å². The normalized spacial score (nSPS) is 12.4. The Morgan fingerprint density at radius 3 is 1.85 bits per heavy atom. The van der Waals surface area contributed by atoms with Crippen molar-refractivity contribution in [3.05, 3.63) is 0 Å². The molecule has 0 unspecified atom stereocenters. The molecule has 0 rings (SSSR count). The number of aliphatic hydroxyl groups excluding tert-OH is 3. The minimum Gasteiger partial charge on any atom is -0.370 e. The molecule has 0 fully saturated rings. The van der Waals surface area contributed by atoms with Crippen molar-refractivity contribution in [3.63, 3.8) is 0 Å². The van der Waals surface area contributed by atoms with E-state index in [9.17, 15) is 4.57 Å². The molecular formula is C4H11O8P. The summed E-state index contributed by atoms with van der Waals surface area (Å²) in [5.74, 6) is 0. The molecule has 0 aliphatic heterocycles. The van der Waals surface area contributed by atoms with E-state index in [1.165, 1.54) is 0 Å². The summed E-state index contributed by atoms with van der Waals surface area (Å²) in [6, 6.07) is 0. The van der Waals surface area contributed by atoms with Gasteiger partial charge in [0, 0.05) is 0 Å². The Balaban J connectivity index is 3.99. The van der Waals surface area contributed by atoms with Crippen molar-refractivity contribution in [1.82, 2.24) is 0 Å². The number of aliphatic hydroxyl groups is 4. The zero-order valence-corrected chi connectivity index (χ0v) is 7.46. The second-order valence-electron chi connectivity index (χ2n) is 1.74. The predicted molar refractivity (Wildman–Crippen MR) is 38.1 cm³/mol. The van der Waals surface area contributed by atoms with Crippen LogP contribution in [0.4, 0.5) is 0 Å². The van der Waals surface area contributed by atoms with E-state index in [0.717, 1.165) is 0 Å². The maximum Gasteiger partial charge on any atom is 0.479 e. The van der Waals surface area contributed by atoms with Gasteiger partial charge in [-0.3, -0.25) is 13.6 Å². The van der Waals surface area contributed by atoms with Crippen molar-refractivity contribution >= 4 is 7.82 Å². The summed E-state index contributed by atoms with van der Waals surface area (Å²) < 4.78 is 23.6. The first-order valence-electron chi connectivity index (χ1n) is 3.15. The van der Waals surface area contributed by atoms with Gasteiger partial charge in [-0.15, -0.1) is 0 Å². The van der Waals surface area contributed by atoms with Crippen LogP contribution in [0.5, 0.6) is 0 Å². The van der Waals surface area contributed by atoms with E-state index >= 15 is 0 Å². The van der Waals surface area contributed by atoms with Gasteiger partial charge in [0.1, 0.15) is 6.61 Å². The summed E-state index contributed by atoms with van der Waals surface area (Å²) in [7, 11) is -4.09. The van der Waals surface area contributed by atoms with Crippen molar-refractivity contribution < 1.29 is 38.6 Å². The molecule has 4 N–H and O–H groups in total. The summed E-state index contributed by atoms with van der Waals surface area (Å²) in [6.45, 7) is -2.62. The average Bonchev–Trinajstić information content (AvgIpc) is 2.02. The zero-order valence-electron chi connectivity index (χ0n) is 6.57. The lowest BCUT2D eigenvalue weighted by atomic mass is 10.7. The fourth-order valence-electron chi connectivity index (χ4n) is 0.411. The van der Waals surface area contributed by atoms with Gasteiger partial charge in [-0.25, -0.2) is 4.57 Å². The number of hydrogen-bond donors (Lipinski definition) is 4. The van der Waals surface area contributed by atoms with Gasteiger partial charge >= 0.3 is 7.82 Å². The van der Waals surface area contributed by atoms with Crippen LogP contribution in [0.1, 0.15) is 0 Å². The molecule has 0 amide bonds. The molecule has 0 aliphatic rings. The van der Waals surface area contributed by atoms with Crippen LogP contribution in [0.2, 0.25) is 0 Å². The molecule has 0 bridgehead atoms. The van der Waals surface area contributed by atoms with Gasteiger partial charge in [0.2, 0.25) is 0 Å². The zero-order chi connectivity index (χ0) is 10.3. The largest absolute Gasteiger partial charge is 0.479 e. The van der Waals surface area contributed by atoms with E-state index < -0.39 is 34.3 Å². The topological polar surface area (TPSA) is 126 Å². The molecule has 0 aromatic rings.